The van der Waals surface area contributed by atoms with Crippen LogP contribution in [0.25, 0.3) is 5.69 Å². The van der Waals surface area contributed by atoms with Crippen LogP contribution in [0.3, 0.4) is 0 Å². The smallest absolute Gasteiger partial charge is 0.124 e. The molecule has 84 valence electrons. The molecule has 0 bridgehead atoms. The molecule has 0 aliphatic heterocycles. The Morgan fingerprint density at radius 3 is 2.19 bits per heavy atom. The van der Waals surface area contributed by atoms with Crippen LogP contribution >= 0.6 is 0 Å². The van der Waals surface area contributed by atoms with Crippen molar-refractivity contribution in [2.75, 3.05) is 7.11 Å². The Balaban J connectivity index is 2.57. The van der Waals surface area contributed by atoms with Gasteiger partial charge in [0, 0.05) is 11.9 Å². The van der Waals surface area contributed by atoms with Gasteiger partial charge in [0.05, 0.1) is 12.8 Å². The van der Waals surface area contributed by atoms with Crippen LogP contribution in [0.2, 0.25) is 0 Å². The highest BCUT2D eigenvalue weighted by Crippen LogP contribution is 2.26. The van der Waals surface area contributed by atoms with Gasteiger partial charge in [-0.15, -0.1) is 0 Å². The lowest BCUT2D eigenvalue weighted by Gasteiger charge is -2.12. The molecule has 0 spiro atoms. The Morgan fingerprint density at radius 1 is 1.12 bits per heavy atom. The summed E-state index contributed by atoms with van der Waals surface area (Å²) in [6.45, 7) is 6.14. The number of aromatic nitrogens is 2. The van der Waals surface area contributed by atoms with E-state index in [4.69, 9.17) is 4.74 Å². The molecule has 0 aliphatic carbocycles. The first-order valence-electron chi connectivity index (χ1n) is 5.29. The summed E-state index contributed by atoms with van der Waals surface area (Å²) in [5.41, 5.74) is 4.47. The quantitative estimate of drug-likeness (QED) is 0.771. The zero-order chi connectivity index (χ0) is 11.7. The van der Waals surface area contributed by atoms with Gasteiger partial charge < -0.3 is 4.74 Å². The zero-order valence-electron chi connectivity index (χ0n) is 10.1. The van der Waals surface area contributed by atoms with E-state index in [0.717, 1.165) is 28.3 Å². The van der Waals surface area contributed by atoms with Crippen molar-refractivity contribution in [1.82, 2.24) is 9.78 Å². The molecule has 3 heteroatoms. The van der Waals surface area contributed by atoms with Gasteiger partial charge in [-0.2, -0.15) is 5.10 Å². The van der Waals surface area contributed by atoms with Gasteiger partial charge in [0.25, 0.3) is 0 Å². The molecular formula is C13H16N2O. The molecule has 0 radical (unpaired) electrons. The first kappa shape index (κ1) is 10.7. The fourth-order valence-corrected chi connectivity index (χ4v) is 2.01. The van der Waals surface area contributed by atoms with Crippen LogP contribution < -0.4 is 4.74 Å². The van der Waals surface area contributed by atoms with E-state index in [-0.39, 0.29) is 0 Å². The summed E-state index contributed by atoms with van der Waals surface area (Å²) < 4.78 is 7.28. The van der Waals surface area contributed by atoms with Crippen LogP contribution in [0.5, 0.6) is 5.75 Å². The Hall–Kier alpha value is -1.77. The van der Waals surface area contributed by atoms with Crippen molar-refractivity contribution in [3.63, 3.8) is 0 Å². The van der Waals surface area contributed by atoms with E-state index in [9.17, 15) is 0 Å². The molecule has 1 heterocycles. The van der Waals surface area contributed by atoms with Gasteiger partial charge >= 0.3 is 0 Å². The van der Waals surface area contributed by atoms with E-state index in [1.165, 1.54) is 0 Å². The third kappa shape index (κ3) is 1.69. The Bertz CT molecular complexity index is 491. The van der Waals surface area contributed by atoms with Crippen LogP contribution in [0.1, 0.15) is 16.8 Å². The van der Waals surface area contributed by atoms with E-state index in [2.05, 4.69) is 17.2 Å². The van der Waals surface area contributed by atoms with Crippen LogP contribution in [0, 0.1) is 20.8 Å². The Labute approximate surface area is 95.7 Å². The van der Waals surface area contributed by atoms with Crippen LogP contribution in [0.4, 0.5) is 0 Å². The molecule has 3 nitrogen and oxygen atoms in total. The molecule has 0 amide bonds. The molecule has 0 unspecified atom stereocenters. The van der Waals surface area contributed by atoms with Gasteiger partial charge in [0.1, 0.15) is 5.75 Å². The molecule has 2 aromatic rings. The number of ether oxygens (including phenoxy) is 1. The van der Waals surface area contributed by atoms with E-state index in [0.29, 0.717) is 0 Å². The minimum Gasteiger partial charge on any atom is -0.496 e. The van der Waals surface area contributed by atoms with Crippen molar-refractivity contribution in [2.24, 2.45) is 0 Å². The first-order chi connectivity index (χ1) is 7.63. The van der Waals surface area contributed by atoms with E-state index in [1.807, 2.05) is 37.7 Å². The fourth-order valence-electron chi connectivity index (χ4n) is 2.01. The van der Waals surface area contributed by atoms with Crippen molar-refractivity contribution >= 4 is 0 Å². The topological polar surface area (TPSA) is 27.1 Å². The lowest BCUT2D eigenvalue weighted by Crippen LogP contribution is -2.01. The Kier molecular flexibility index (Phi) is 2.69. The molecule has 0 atom stereocenters. The summed E-state index contributed by atoms with van der Waals surface area (Å²) in [5, 5.41) is 4.30. The molecule has 2 rings (SSSR count). The maximum absolute atomic E-state index is 5.35. The molecule has 0 saturated carbocycles. The standard InChI is InChI=1S/C13H16N2O/c1-9-7-12(8-10(2)13(9)16-4)15-11(3)5-6-14-15/h5-8H,1-4H3. The molecule has 0 saturated heterocycles. The van der Waals surface area contributed by atoms with Crippen molar-refractivity contribution in [3.05, 3.63) is 41.2 Å². The highest BCUT2D eigenvalue weighted by molar-refractivity contribution is 5.49. The molecular weight excluding hydrogens is 200 g/mol. The summed E-state index contributed by atoms with van der Waals surface area (Å²) in [5.74, 6) is 0.952. The summed E-state index contributed by atoms with van der Waals surface area (Å²) in [4.78, 5) is 0. The zero-order valence-corrected chi connectivity index (χ0v) is 10.1. The summed E-state index contributed by atoms with van der Waals surface area (Å²) in [6, 6.07) is 6.17. The molecule has 1 aromatic carbocycles. The molecule has 0 fully saturated rings. The lowest BCUT2D eigenvalue weighted by molar-refractivity contribution is 0.408. The van der Waals surface area contributed by atoms with Gasteiger partial charge in [0.15, 0.2) is 0 Å². The van der Waals surface area contributed by atoms with E-state index >= 15 is 0 Å². The second kappa shape index (κ2) is 4.00. The monoisotopic (exact) mass is 216 g/mol. The second-order valence-corrected chi connectivity index (χ2v) is 4.00. The summed E-state index contributed by atoms with van der Waals surface area (Å²) >= 11 is 0. The summed E-state index contributed by atoms with van der Waals surface area (Å²) in [7, 11) is 1.70. The maximum atomic E-state index is 5.35. The molecule has 0 aliphatic rings. The van der Waals surface area contributed by atoms with E-state index < -0.39 is 0 Å². The lowest BCUT2D eigenvalue weighted by atomic mass is 10.1. The van der Waals surface area contributed by atoms with Crippen molar-refractivity contribution in [1.29, 1.82) is 0 Å². The molecule has 1 aromatic heterocycles. The SMILES string of the molecule is COc1c(C)cc(-n2nccc2C)cc1C. The minimum atomic E-state index is 0.952. The van der Waals surface area contributed by atoms with Gasteiger partial charge in [0.2, 0.25) is 0 Å². The van der Waals surface area contributed by atoms with Crippen LogP contribution in [-0.2, 0) is 0 Å². The fraction of sp³-hybridized carbons (Fsp3) is 0.308. The molecule has 0 N–H and O–H groups in total. The van der Waals surface area contributed by atoms with E-state index in [1.54, 1.807) is 7.11 Å². The third-order valence-corrected chi connectivity index (χ3v) is 2.73. The minimum absolute atomic E-state index is 0.952. The number of hydrogen-bond donors (Lipinski definition) is 0. The number of aryl methyl sites for hydroxylation is 3. The number of methoxy groups -OCH3 is 1. The average Bonchev–Trinajstić information content (AvgIpc) is 2.64. The predicted molar refractivity (Wildman–Crippen MR) is 64.3 cm³/mol. The normalized spacial score (nSPS) is 10.5. The molecule has 16 heavy (non-hydrogen) atoms. The van der Waals surface area contributed by atoms with Gasteiger partial charge in [-0.25, -0.2) is 4.68 Å². The number of benzene rings is 1. The van der Waals surface area contributed by atoms with Gasteiger partial charge in [-0.3, -0.25) is 0 Å². The van der Waals surface area contributed by atoms with Crippen LogP contribution in [0.15, 0.2) is 24.4 Å². The number of nitrogens with zero attached hydrogens (tertiary/aromatic N) is 2. The van der Waals surface area contributed by atoms with Crippen molar-refractivity contribution in [3.8, 4) is 11.4 Å². The number of hydrogen-bond acceptors (Lipinski definition) is 2. The highest BCUT2D eigenvalue weighted by Gasteiger charge is 2.07. The van der Waals surface area contributed by atoms with Gasteiger partial charge in [-0.1, -0.05) is 0 Å². The van der Waals surface area contributed by atoms with Crippen molar-refractivity contribution in [2.45, 2.75) is 20.8 Å². The Morgan fingerprint density at radius 2 is 1.75 bits per heavy atom. The largest absolute Gasteiger partial charge is 0.496 e. The average molecular weight is 216 g/mol. The number of rotatable bonds is 2. The highest BCUT2D eigenvalue weighted by atomic mass is 16.5. The van der Waals surface area contributed by atoms with Crippen LogP contribution in [-0.4, -0.2) is 16.9 Å². The maximum Gasteiger partial charge on any atom is 0.124 e. The van der Waals surface area contributed by atoms with Crippen molar-refractivity contribution < 1.29 is 4.74 Å². The predicted octanol–water partition coefficient (Wildman–Crippen LogP) is 2.81. The third-order valence-electron chi connectivity index (χ3n) is 2.73. The summed E-state index contributed by atoms with van der Waals surface area (Å²) in [6.07, 6.45) is 1.81. The van der Waals surface area contributed by atoms with Gasteiger partial charge in [-0.05, 0) is 50.1 Å². The second-order valence-electron chi connectivity index (χ2n) is 4.00. The first-order valence-corrected chi connectivity index (χ1v) is 5.29.